The summed E-state index contributed by atoms with van der Waals surface area (Å²) < 4.78 is 0. The van der Waals surface area contributed by atoms with E-state index in [9.17, 15) is 4.79 Å². The number of amides is 1. The van der Waals surface area contributed by atoms with Crippen LogP contribution in [0.4, 0.5) is 0 Å². The molecule has 1 aliphatic rings. The summed E-state index contributed by atoms with van der Waals surface area (Å²) in [5, 5.41) is 6.10. The highest BCUT2D eigenvalue weighted by Crippen LogP contribution is 2.00. The molecule has 1 atom stereocenters. The van der Waals surface area contributed by atoms with Crippen molar-refractivity contribution in [3.05, 3.63) is 0 Å². The molecule has 0 aromatic carbocycles. The Hall–Kier alpha value is -1.05. The Morgan fingerprint density at radius 3 is 2.87 bits per heavy atom. The standard InChI is InChI=1S/C11H19N3O/c1-3-4-5-13-11(15)10(2)14-8-6-12-7-9-14/h1,10,12H,4-9H2,2H3,(H,13,15). The minimum atomic E-state index is -0.0510. The van der Waals surface area contributed by atoms with Crippen LogP contribution in [0.2, 0.25) is 0 Å². The molecule has 2 N–H and O–H groups in total. The highest BCUT2D eigenvalue weighted by Gasteiger charge is 2.21. The van der Waals surface area contributed by atoms with Crippen molar-refractivity contribution < 1.29 is 4.79 Å². The summed E-state index contributed by atoms with van der Waals surface area (Å²) in [6, 6.07) is -0.0510. The van der Waals surface area contributed by atoms with Crippen LogP contribution >= 0.6 is 0 Å². The lowest BCUT2D eigenvalue weighted by Gasteiger charge is -2.31. The maximum Gasteiger partial charge on any atom is 0.237 e. The molecular formula is C11H19N3O. The van der Waals surface area contributed by atoms with Gasteiger partial charge >= 0.3 is 0 Å². The first-order valence-corrected chi connectivity index (χ1v) is 5.41. The molecule has 1 rings (SSSR count). The molecule has 0 aromatic heterocycles. The fourth-order valence-corrected chi connectivity index (χ4v) is 1.64. The quantitative estimate of drug-likeness (QED) is 0.481. The van der Waals surface area contributed by atoms with Crippen LogP contribution in [-0.2, 0) is 4.79 Å². The minimum absolute atomic E-state index is 0.0510. The van der Waals surface area contributed by atoms with E-state index in [-0.39, 0.29) is 11.9 Å². The van der Waals surface area contributed by atoms with E-state index in [1.54, 1.807) is 0 Å². The molecule has 4 heteroatoms. The van der Waals surface area contributed by atoms with Gasteiger partial charge in [0.2, 0.25) is 5.91 Å². The highest BCUT2D eigenvalue weighted by atomic mass is 16.2. The van der Waals surface area contributed by atoms with E-state index in [2.05, 4.69) is 21.5 Å². The second-order valence-corrected chi connectivity index (χ2v) is 3.71. The van der Waals surface area contributed by atoms with Gasteiger partial charge in [-0.2, -0.15) is 0 Å². The van der Waals surface area contributed by atoms with Crippen LogP contribution in [0.5, 0.6) is 0 Å². The fourth-order valence-electron chi connectivity index (χ4n) is 1.64. The molecule has 1 fully saturated rings. The van der Waals surface area contributed by atoms with Gasteiger partial charge in [-0.1, -0.05) is 0 Å². The molecule has 1 saturated heterocycles. The number of hydrogen-bond acceptors (Lipinski definition) is 3. The average molecular weight is 209 g/mol. The van der Waals surface area contributed by atoms with Crippen molar-refractivity contribution in [2.24, 2.45) is 0 Å². The molecule has 0 aromatic rings. The van der Waals surface area contributed by atoms with Gasteiger partial charge in [0.25, 0.3) is 0 Å². The van der Waals surface area contributed by atoms with Gasteiger partial charge in [0, 0.05) is 39.1 Å². The minimum Gasteiger partial charge on any atom is -0.354 e. The molecule has 1 aliphatic heterocycles. The highest BCUT2D eigenvalue weighted by molar-refractivity contribution is 5.81. The molecule has 15 heavy (non-hydrogen) atoms. The van der Waals surface area contributed by atoms with Crippen molar-refractivity contribution in [2.75, 3.05) is 32.7 Å². The third-order valence-corrected chi connectivity index (χ3v) is 2.65. The monoisotopic (exact) mass is 209 g/mol. The summed E-state index contributed by atoms with van der Waals surface area (Å²) in [5.41, 5.74) is 0. The fraction of sp³-hybridized carbons (Fsp3) is 0.727. The number of rotatable bonds is 4. The molecule has 0 bridgehead atoms. The van der Waals surface area contributed by atoms with E-state index in [0.717, 1.165) is 26.2 Å². The third-order valence-electron chi connectivity index (χ3n) is 2.65. The second kappa shape index (κ2) is 6.44. The Morgan fingerprint density at radius 2 is 2.27 bits per heavy atom. The molecule has 1 amide bonds. The molecule has 4 nitrogen and oxygen atoms in total. The summed E-state index contributed by atoms with van der Waals surface area (Å²) in [6.07, 6.45) is 5.71. The SMILES string of the molecule is C#CCCNC(=O)C(C)N1CCNCC1. The first kappa shape index (κ1) is 12.0. The summed E-state index contributed by atoms with van der Waals surface area (Å²) in [4.78, 5) is 13.9. The van der Waals surface area contributed by atoms with Crippen LogP contribution in [0.25, 0.3) is 0 Å². The summed E-state index contributed by atoms with van der Waals surface area (Å²) in [5.74, 6) is 2.58. The number of hydrogen-bond donors (Lipinski definition) is 2. The number of terminal acetylenes is 1. The second-order valence-electron chi connectivity index (χ2n) is 3.71. The van der Waals surface area contributed by atoms with Crippen molar-refractivity contribution in [3.63, 3.8) is 0 Å². The maximum absolute atomic E-state index is 11.7. The van der Waals surface area contributed by atoms with Crippen molar-refractivity contribution in [1.29, 1.82) is 0 Å². The van der Waals surface area contributed by atoms with Gasteiger partial charge in [0.1, 0.15) is 0 Å². The van der Waals surface area contributed by atoms with Gasteiger partial charge in [-0.25, -0.2) is 0 Å². The van der Waals surface area contributed by atoms with Crippen LogP contribution in [0.1, 0.15) is 13.3 Å². The van der Waals surface area contributed by atoms with Gasteiger partial charge in [0.05, 0.1) is 6.04 Å². The Labute approximate surface area is 91.4 Å². The molecule has 1 heterocycles. The average Bonchev–Trinajstić information content (AvgIpc) is 2.29. The first-order valence-electron chi connectivity index (χ1n) is 5.41. The topological polar surface area (TPSA) is 44.4 Å². The maximum atomic E-state index is 11.7. The van der Waals surface area contributed by atoms with Gasteiger partial charge in [-0.3, -0.25) is 9.69 Å². The van der Waals surface area contributed by atoms with E-state index in [1.165, 1.54) is 0 Å². The third kappa shape index (κ3) is 3.90. The lowest BCUT2D eigenvalue weighted by molar-refractivity contribution is -0.126. The Bertz CT molecular complexity index is 241. The molecule has 84 valence electrons. The zero-order chi connectivity index (χ0) is 11.1. The van der Waals surface area contributed by atoms with E-state index < -0.39 is 0 Å². The van der Waals surface area contributed by atoms with Gasteiger partial charge in [-0.05, 0) is 6.92 Å². The molecule has 0 saturated carbocycles. The van der Waals surface area contributed by atoms with Crippen molar-refractivity contribution in [2.45, 2.75) is 19.4 Å². The number of carbonyl (C=O) groups excluding carboxylic acids is 1. The van der Waals surface area contributed by atoms with Crippen LogP contribution < -0.4 is 10.6 Å². The van der Waals surface area contributed by atoms with Gasteiger partial charge < -0.3 is 10.6 Å². The summed E-state index contributed by atoms with van der Waals surface area (Å²) in [6.45, 7) is 6.31. The van der Waals surface area contributed by atoms with E-state index in [1.807, 2.05) is 6.92 Å². The zero-order valence-electron chi connectivity index (χ0n) is 9.25. The first-order chi connectivity index (χ1) is 7.25. The number of piperazine rings is 1. The van der Waals surface area contributed by atoms with Crippen LogP contribution in [0, 0.1) is 12.3 Å². The smallest absolute Gasteiger partial charge is 0.237 e. The van der Waals surface area contributed by atoms with Gasteiger partial charge in [0.15, 0.2) is 0 Å². The van der Waals surface area contributed by atoms with E-state index in [4.69, 9.17) is 6.42 Å². The largest absolute Gasteiger partial charge is 0.354 e. The van der Waals surface area contributed by atoms with Crippen LogP contribution in [0.15, 0.2) is 0 Å². The number of carbonyl (C=O) groups is 1. The van der Waals surface area contributed by atoms with Gasteiger partial charge in [-0.15, -0.1) is 12.3 Å². The normalized spacial score (nSPS) is 19.2. The molecule has 0 radical (unpaired) electrons. The lowest BCUT2D eigenvalue weighted by Crippen LogP contribution is -2.52. The van der Waals surface area contributed by atoms with Crippen LogP contribution in [-0.4, -0.2) is 49.6 Å². The van der Waals surface area contributed by atoms with Crippen LogP contribution in [0.3, 0.4) is 0 Å². The molecule has 1 unspecified atom stereocenters. The molecule has 0 spiro atoms. The van der Waals surface area contributed by atoms with Crippen molar-refractivity contribution >= 4 is 5.91 Å². The molecule has 0 aliphatic carbocycles. The van der Waals surface area contributed by atoms with E-state index >= 15 is 0 Å². The number of nitrogens with zero attached hydrogens (tertiary/aromatic N) is 1. The van der Waals surface area contributed by atoms with E-state index in [0.29, 0.717) is 13.0 Å². The Balaban J connectivity index is 2.28. The summed E-state index contributed by atoms with van der Waals surface area (Å²) >= 11 is 0. The lowest BCUT2D eigenvalue weighted by atomic mass is 10.2. The molecular weight excluding hydrogens is 190 g/mol. The predicted octanol–water partition coefficient (Wildman–Crippen LogP) is -0.580. The summed E-state index contributed by atoms with van der Waals surface area (Å²) in [7, 11) is 0. The van der Waals surface area contributed by atoms with Crippen molar-refractivity contribution in [1.82, 2.24) is 15.5 Å². The Kier molecular flexibility index (Phi) is 5.16. The van der Waals surface area contributed by atoms with Crippen molar-refractivity contribution in [3.8, 4) is 12.3 Å². The Morgan fingerprint density at radius 1 is 1.60 bits per heavy atom. The predicted molar refractivity (Wildman–Crippen MR) is 60.4 cm³/mol. The number of nitrogens with one attached hydrogen (secondary N) is 2. The zero-order valence-corrected chi connectivity index (χ0v) is 9.25.